The highest BCUT2D eigenvalue weighted by atomic mass is 32.1. The van der Waals surface area contributed by atoms with E-state index in [0.717, 1.165) is 23.1 Å². The Morgan fingerprint density at radius 1 is 1.18 bits per heavy atom. The molecule has 0 aliphatic heterocycles. The van der Waals surface area contributed by atoms with Crippen LogP contribution in [0.3, 0.4) is 0 Å². The summed E-state index contributed by atoms with van der Waals surface area (Å²) in [7, 11) is 0. The van der Waals surface area contributed by atoms with E-state index in [2.05, 4.69) is 33.5 Å². The fourth-order valence-electron chi connectivity index (χ4n) is 1.76. The molecule has 1 N–H and O–H groups in total. The van der Waals surface area contributed by atoms with Gasteiger partial charge in [0, 0.05) is 22.7 Å². The minimum atomic E-state index is 0.792. The number of pyridine rings is 1. The van der Waals surface area contributed by atoms with Gasteiger partial charge in [-0.2, -0.15) is 0 Å². The van der Waals surface area contributed by atoms with Crippen LogP contribution in [0, 0.1) is 0 Å². The first-order valence-electron chi connectivity index (χ1n) is 5.38. The highest BCUT2D eigenvalue weighted by molar-refractivity contribution is 7.09. The third kappa shape index (κ3) is 2.12. The molecule has 0 bridgehead atoms. The van der Waals surface area contributed by atoms with Gasteiger partial charge in [-0.3, -0.25) is 9.97 Å². The second-order valence-electron chi connectivity index (χ2n) is 3.70. The maximum Gasteiger partial charge on any atom is 0.0933 e. The Kier molecular flexibility index (Phi) is 2.71. The van der Waals surface area contributed by atoms with Crippen LogP contribution in [0.4, 0.5) is 5.69 Å². The summed E-state index contributed by atoms with van der Waals surface area (Å²) in [6, 6.07) is 10.2. The van der Waals surface area contributed by atoms with Crippen LogP contribution in [0.25, 0.3) is 10.9 Å². The van der Waals surface area contributed by atoms with Crippen molar-refractivity contribution in [2.45, 2.75) is 6.54 Å². The smallest absolute Gasteiger partial charge is 0.0933 e. The molecule has 0 spiro atoms. The van der Waals surface area contributed by atoms with E-state index in [1.165, 1.54) is 4.88 Å². The van der Waals surface area contributed by atoms with Crippen molar-refractivity contribution in [3.05, 3.63) is 53.1 Å². The molecule has 3 aromatic rings. The Morgan fingerprint density at radius 3 is 3.00 bits per heavy atom. The van der Waals surface area contributed by atoms with E-state index in [9.17, 15) is 0 Å². The molecule has 84 valence electrons. The molecular formula is C13H11N3S. The number of aromatic nitrogens is 2. The number of anilines is 1. The largest absolute Gasteiger partial charge is 0.378 e. The van der Waals surface area contributed by atoms with Crippen LogP contribution < -0.4 is 5.32 Å². The summed E-state index contributed by atoms with van der Waals surface area (Å²) in [6.07, 6.45) is 3.70. The van der Waals surface area contributed by atoms with E-state index in [0.29, 0.717) is 0 Å². The van der Waals surface area contributed by atoms with Gasteiger partial charge in [0.1, 0.15) is 0 Å². The van der Waals surface area contributed by atoms with E-state index in [4.69, 9.17) is 0 Å². The highest BCUT2D eigenvalue weighted by Crippen LogP contribution is 2.21. The minimum absolute atomic E-state index is 0.792. The van der Waals surface area contributed by atoms with Crippen molar-refractivity contribution >= 4 is 27.9 Å². The van der Waals surface area contributed by atoms with E-state index >= 15 is 0 Å². The Balaban J connectivity index is 1.90. The molecule has 2 heterocycles. The molecule has 3 rings (SSSR count). The molecule has 0 fully saturated rings. The van der Waals surface area contributed by atoms with Crippen molar-refractivity contribution < 1.29 is 0 Å². The second kappa shape index (κ2) is 4.51. The van der Waals surface area contributed by atoms with Gasteiger partial charge >= 0.3 is 0 Å². The van der Waals surface area contributed by atoms with Crippen molar-refractivity contribution in [2.75, 3.05) is 5.32 Å². The number of benzene rings is 1. The first kappa shape index (κ1) is 10.2. The van der Waals surface area contributed by atoms with Gasteiger partial charge in [-0.15, -0.1) is 11.3 Å². The lowest BCUT2D eigenvalue weighted by molar-refractivity contribution is 1.18. The van der Waals surface area contributed by atoms with Gasteiger partial charge in [0.05, 0.1) is 23.3 Å². The molecule has 0 aliphatic carbocycles. The van der Waals surface area contributed by atoms with E-state index < -0.39 is 0 Å². The maximum atomic E-state index is 4.41. The summed E-state index contributed by atoms with van der Waals surface area (Å²) >= 11 is 1.65. The molecular weight excluding hydrogens is 230 g/mol. The zero-order valence-electron chi connectivity index (χ0n) is 9.13. The Labute approximate surface area is 103 Å². The predicted octanol–water partition coefficient (Wildman–Crippen LogP) is 3.30. The average molecular weight is 241 g/mol. The summed E-state index contributed by atoms with van der Waals surface area (Å²) < 4.78 is 0. The molecule has 0 saturated carbocycles. The number of para-hydroxylation sites is 1. The molecule has 0 amide bonds. The summed E-state index contributed by atoms with van der Waals surface area (Å²) in [5.74, 6) is 0. The Bertz CT molecular complexity index is 614. The number of nitrogens with zero attached hydrogens (tertiary/aromatic N) is 2. The van der Waals surface area contributed by atoms with Gasteiger partial charge in [0.15, 0.2) is 0 Å². The van der Waals surface area contributed by atoms with Crippen molar-refractivity contribution in [1.29, 1.82) is 0 Å². The van der Waals surface area contributed by atoms with Gasteiger partial charge in [-0.25, -0.2) is 0 Å². The van der Waals surface area contributed by atoms with Crippen molar-refractivity contribution in [1.82, 2.24) is 9.97 Å². The molecule has 0 aliphatic rings. The molecule has 3 nitrogen and oxygen atoms in total. The van der Waals surface area contributed by atoms with Crippen LogP contribution in [0.2, 0.25) is 0 Å². The van der Waals surface area contributed by atoms with Crippen molar-refractivity contribution in [2.24, 2.45) is 0 Å². The average Bonchev–Trinajstić information content (AvgIpc) is 2.89. The van der Waals surface area contributed by atoms with Crippen LogP contribution >= 0.6 is 11.3 Å². The van der Waals surface area contributed by atoms with Gasteiger partial charge in [-0.05, 0) is 12.1 Å². The Morgan fingerprint density at radius 2 is 2.12 bits per heavy atom. The first-order valence-corrected chi connectivity index (χ1v) is 6.26. The van der Waals surface area contributed by atoms with Crippen LogP contribution in [-0.4, -0.2) is 9.97 Å². The number of rotatable bonds is 3. The zero-order valence-corrected chi connectivity index (χ0v) is 9.95. The second-order valence-corrected chi connectivity index (χ2v) is 4.67. The topological polar surface area (TPSA) is 37.8 Å². The fourth-order valence-corrected chi connectivity index (χ4v) is 2.29. The number of hydrogen-bond acceptors (Lipinski definition) is 4. The lowest BCUT2D eigenvalue weighted by Gasteiger charge is -2.07. The van der Waals surface area contributed by atoms with Crippen LogP contribution in [-0.2, 0) is 6.54 Å². The quantitative estimate of drug-likeness (QED) is 0.764. The molecule has 0 saturated heterocycles. The first-order chi connectivity index (χ1) is 8.43. The fraction of sp³-hybridized carbons (Fsp3) is 0.0769. The van der Waals surface area contributed by atoms with E-state index in [1.54, 1.807) is 11.3 Å². The summed E-state index contributed by atoms with van der Waals surface area (Å²) in [5, 5.41) is 4.55. The summed E-state index contributed by atoms with van der Waals surface area (Å²) in [5.41, 5.74) is 3.93. The molecule has 0 radical (unpaired) electrons. The van der Waals surface area contributed by atoms with Crippen LogP contribution in [0.1, 0.15) is 4.88 Å². The van der Waals surface area contributed by atoms with Gasteiger partial charge < -0.3 is 5.32 Å². The minimum Gasteiger partial charge on any atom is -0.378 e. The number of nitrogens with one attached hydrogen (secondary N) is 1. The lowest BCUT2D eigenvalue weighted by atomic mass is 10.2. The molecule has 4 heteroatoms. The van der Waals surface area contributed by atoms with Gasteiger partial charge in [-0.1, -0.05) is 18.2 Å². The zero-order chi connectivity index (χ0) is 11.5. The third-order valence-electron chi connectivity index (χ3n) is 2.57. The van der Waals surface area contributed by atoms with Crippen LogP contribution in [0.5, 0.6) is 0 Å². The number of hydrogen-bond donors (Lipinski definition) is 1. The van der Waals surface area contributed by atoms with Crippen LogP contribution in [0.15, 0.2) is 48.2 Å². The van der Waals surface area contributed by atoms with E-state index in [-0.39, 0.29) is 0 Å². The predicted molar refractivity (Wildman–Crippen MR) is 71.2 cm³/mol. The Hall–Kier alpha value is -1.94. The standard InChI is InChI=1S/C13H11N3S/c1-3-10-4-2-6-15-13(10)12(5-1)16-8-11-7-14-9-17-11/h1-7,9,16H,8H2. The maximum absolute atomic E-state index is 4.41. The monoisotopic (exact) mass is 241 g/mol. The molecule has 17 heavy (non-hydrogen) atoms. The molecule has 2 aromatic heterocycles. The lowest BCUT2D eigenvalue weighted by Crippen LogP contribution is -1.98. The number of thiazole rings is 1. The summed E-state index contributed by atoms with van der Waals surface area (Å²) in [4.78, 5) is 9.69. The van der Waals surface area contributed by atoms with E-state index in [1.807, 2.05) is 30.0 Å². The van der Waals surface area contributed by atoms with Crippen molar-refractivity contribution in [3.8, 4) is 0 Å². The summed E-state index contributed by atoms with van der Waals surface area (Å²) in [6.45, 7) is 0.792. The molecule has 0 unspecified atom stereocenters. The highest BCUT2D eigenvalue weighted by Gasteiger charge is 2.01. The third-order valence-corrected chi connectivity index (χ3v) is 3.35. The normalized spacial score (nSPS) is 10.6. The molecule has 0 atom stereocenters. The SMILES string of the molecule is c1cnc2c(NCc3cncs3)cccc2c1. The molecule has 1 aromatic carbocycles. The van der Waals surface area contributed by atoms with Crippen molar-refractivity contribution in [3.63, 3.8) is 0 Å². The number of fused-ring (bicyclic) bond motifs is 1. The van der Waals surface area contributed by atoms with Gasteiger partial charge in [0.25, 0.3) is 0 Å². The van der Waals surface area contributed by atoms with Gasteiger partial charge in [0.2, 0.25) is 0 Å².